The second-order valence-electron chi connectivity index (χ2n) is 5.95. The molecule has 0 fully saturated rings. The first kappa shape index (κ1) is 22.2. The Morgan fingerprint density at radius 2 is 1.11 bits per heavy atom. The minimum atomic E-state index is 0. The van der Waals surface area contributed by atoms with Crippen molar-refractivity contribution in [3.63, 3.8) is 0 Å². The third kappa shape index (κ3) is 13.7. The van der Waals surface area contributed by atoms with E-state index in [1.54, 1.807) is 0 Å². The molecule has 0 N–H and O–H groups in total. The molecular weight excluding hydrogens is 366 g/mol. The number of rotatable bonds is 13. The van der Waals surface area contributed by atoms with E-state index in [2.05, 4.69) is 36.8 Å². The quantitative estimate of drug-likeness (QED) is 0.253. The van der Waals surface area contributed by atoms with E-state index in [0.29, 0.717) is 0 Å². The molecule has 1 unspecified atom stereocenters. The lowest BCUT2D eigenvalue weighted by Gasteiger charge is -2.35. The van der Waals surface area contributed by atoms with Crippen LogP contribution in [0.5, 0.6) is 0 Å². The smallest absolute Gasteiger partial charge is 0.0792 e. The molecule has 3 heteroatoms. The fourth-order valence-electron chi connectivity index (χ4n) is 2.62. The molecule has 0 amide bonds. The number of unbranched alkanes of at least 4 members (excludes halogenated alkanes) is 6. The molecule has 118 valence electrons. The van der Waals surface area contributed by atoms with Crippen molar-refractivity contribution < 1.29 is 21.5 Å². The average Bonchev–Trinajstić information content (AvgIpc) is 2.37. The lowest BCUT2D eigenvalue weighted by atomic mass is 10.1. The molecule has 0 aliphatic rings. The highest BCUT2D eigenvalue weighted by Crippen LogP contribution is 2.13. The number of halogens is 2. The highest BCUT2D eigenvalue weighted by molar-refractivity contribution is 9.09. The van der Waals surface area contributed by atoms with Crippen LogP contribution < -0.4 is 17.0 Å². The molecule has 0 aliphatic heterocycles. The van der Waals surface area contributed by atoms with Gasteiger partial charge in [0.25, 0.3) is 0 Å². The SMILES string of the molecule is CCCCCCC[N+](C)(CCCBr)CCCCC.[Br-]. The van der Waals surface area contributed by atoms with Crippen LogP contribution in [0.25, 0.3) is 0 Å². The Kier molecular flexibility index (Phi) is 17.9. The molecule has 0 heterocycles. The van der Waals surface area contributed by atoms with E-state index >= 15 is 0 Å². The summed E-state index contributed by atoms with van der Waals surface area (Å²) < 4.78 is 1.30. The highest BCUT2D eigenvalue weighted by atomic mass is 79.9. The van der Waals surface area contributed by atoms with E-state index in [1.807, 2.05) is 0 Å². The molecule has 0 saturated carbocycles. The Morgan fingerprint density at radius 3 is 1.63 bits per heavy atom. The summed E-state index contributed by atoms with van der Waals surface area (Å²) in [4.78, 5) is 0. The Bertz CT molecular complexity index is 176. The molecule has 0 bridgehead atoms. The maximum Gasteiger partial charge on any atom is 0.0792 e. The predicted octanol–water partition coefficient (Wildman–Crippen LogP) is 2.38. The Morgan fingerprint density at radius 1 is 0.684 bits per heavy atom. The fraction of sp³-hybridized carbons (Fsp3) is 1.00. The summed E-state index contributed by atoms with van der Waals surface area (Å²) in [6.45, 7) is 8.71. The van der Waals surface area contributed by atoms with E-state index in [9.17, 15) is 0 Å². The normalized spacial score (nSPS) is 13.9. The van der Waals surface area contributed by atoms with Crippen LogP contribution in [0.15, 0.2) is 0 Å². The standard InChI is InChI=1S/C16H35BrN.BrH/c1-4-6-8-9-11-15-18(3,16-12-13-17)14-10-7-5-2;/h4-16H2,1-3H3;1H/q+1;/p-1. The van der Waals surface area contributed by atoms with Gasteiger partial charge < -0.3 is 21.5 Å². The van der Waals surface area contributed by atoms with Gasteiger partial charge in [0.1, 0.15) is 0 Å². The molecule has 0 aliphatic carbocycles. The van der Waals surface area contributed by atoms with Crippen molar-refractivity contribution in [3.8, 4) is 0 Å². The third-order valence-electron chi connectivity index (χ3n) is 3.93. The van der Waals surface area contributed by atoms with Gasteiger partial charge in [-0.25, -0.2) is 0 Å². The van der Waals surface area contributed by atoms with E-state index in [1.165, 1.54) is 81.9 Å². The molecule has 0 spiro atoms. The monoisotopic (exact) mass is 399 g/mol. The number of alkyl halides is 1. The van der Waals surface area contributed by atoms with Crippen LogP contribution in [-0.2, 0) is 0 Å². The summed E-state index contributed by atoms with van der Waals surface area (Å²) in [6, 6.07) is 0. The van der Waals surface area contributed by atoms with Gasteiger partial charge in [-0.1, -0.05) is 55.5 Å². The van der Waals surface area contributed by atoms with E-state index < -0.39 is 0 Å². The Labute approximate surface area is 141 Å². The predicted molar refractivity (Wildman–Crippen MR) is 87.5 cm³/mol. The fourth-order valence-corrected chi connectivity index (χ4v) is 2.87. The molecule has 1 nitrogen and oxygen atoms in total. The summed E-state index contributed by atoms with van der Waals surface area (Å²) in [5.74, 6) is 0. The van der Waals surface area contributed by atoms with Gasteiger partial charge >= 0.3 is 0 Å². The lowest BCUT2D eigenvalue weighted by molar-refractivity contribution is -0.910. The van der Waals surface area contributed by atoms with Gasteiger partial charge in [-0.05, 0) is 25.7 Å². The average molecular weight is 401 g/mol. The second-order valence-corrected chi connectivity index (χ2v) is 6.75. The topological polar surface area (TPSA) is 0 Å². The largest absolute Gasteiger partial charge is 1.00 e. The lowest BCUT2D eigenvalue weighted by Crippen LogP contribution is -3.00. The molecule has 0 aromatic rings. The van der Waals surface area contributed by atoms with Crippen molar-refractivity contribution in [3.05, 3.63) is 0 Å². The van der Waals surface area contributed by atoms with Crippen LogP contribution in [0.3, 0.4) is 0 Å². The van der Waals surface area contributed by atoms with Crippen molar-refractivity contribution in [2.24, 2.45) is 0 Å². The third-order valence-corrected chi connectivity index (χ3v) is 4.50. The first-order chi connectivity index (χ1) is 8.68. The molecule has 19 heavy (non-hydrogen) atoms. The van der Waals surface area contributed by atoms with Crippen molar-refractivity contribution >= 4 is 15.9 Å². The molecular formula is C16H35Br2N. The number of hydrogen-bond donors (Lipinski definition) is 0. The maximum absolute atomic E-state index is 3.58. The number of hydrogen-bond acceptors (Lipinski definition) is 0. The molecule has 0 saturated heterocycles. The zero-order valence-electron chi connectivity index (χ0n) is 13.4. The molecule has 0 rings (SSSR count). The van der Waals surface area contributed by atoms with Crippen LogP contribution in [0.1, 0.15) is 71.6 Å². The first-order valence-corrected chi connectivity index (χ1v) is 9.20. The zero-order valence-corrected chi connectivity index (χ0v) is 16.6. The number of quaternary nitrogens is 1. The van der Waals surface area contributed by atoms with E-state index in [-0.39, 0.29) is 17.0 Å². The van der Waals surface area contributed by atoms with Crippen LogP contribution in [0, 0.1) is 0 Å². The van der Waals surface area contributed by atoms with Crippen LogP contribution in [-0.4, -0.2) is 36.5 Å². The van der Waals surface area contributed by atoms with Gasteiger partial charge in [-0.3, -0.25) is 0 Å². The van der Waals surface area contributed by atoms with Crippen LogP contribution >= 0.6 is 15.9 Å². The summed E-state index contributed by atoms with van der Waals surface area (Å²) in [5, 5.41) is 1.16. The molecule has 0 aromatic carbocycles. The second kappa shape index (κ2) is 15.3. The van der Waals surface area contributed by atoms with Gasteiger partial charge in [-0.2, -0.15) is 0 Å². The van der Waals surface area contributed by atoms with Gasteiger partial charge in [-0.15, -0.1) is 0 Å². The van der Waals surface area contributed by atoms with Gasteiger partial charge in [0.15, 0.2) is 0 Å². The number of nitrogens with zero attached hydrogens (tertiary/aromatic N) is 1. The molecule has 1 atom stereocenters. The minimum Gasteiger partial charge on any atom is -1.00 e. The van der Waals surface area contributed by atoms with Gasteiger partial charge in [0, 0.05) is 11.8 Å². The Balaban J connectivity index is 0. The summed E-state index contributed by atoms with van der Waals surface area (Å²) >= 11 is 3.58. The van der Waals surface area contributed by atoms with Crippen molar-refractivity contribution in [2.75, 3.05) is 32.0 Å². The summed E-state index contributed by atoms with van der Waals surface area (Å²) in [7, 11) is 2.47. The maximum atomic E-state index is 3.58. The van der Waals surface area contributed by atoms with Crippen LogP contribution in [0.4, 0.5) is 0 Å². The van der Waals surface area contributed by atoms with Gasteiger partial charge in [0.2, 0.25) is 0 Å². The van der Waals surface area contributed by atoms with Gasteiger partial charge in [0.05, 0.1) is 26.7 Å². The van der Waals surface area contributed by atoms with Crippen LogP contribution in [0.2, 0.25) is 0 Å². The molecule has 0 aromatic heterocycles. The Hall–Kier alpha value is 0.920. The van der Waals surface area contributed by atoms with Crippen molar-refractivity contribution in [2.45, 2.75) is 71.6 Å². The zero-order chi connectivity index (χ0) is 13.7. The van der Waals surface area contributed by atoms with E-state index in [0.717, 1.165) is 5.33 Å². The molecule has 0 radical (unpaired) electrons. The highest BCUT2D eigenvalue weighted by Gasteiger charge is 2.19. The minimum absolute atomic E-state index is 0. The first-order valence-electron chi connectivity index (χ1n) is 8.08. The summed E-state index contributed by atoms with van der Waals surface area (Å²) in [5.41, 5.74) is 0. The van der Waals surface area contributed by atoms with Crippen molar-refractivity contribution in [1.29, 1.82) is 0 Å². The summed E-state index contributed by atoms with van der Waals surface area (Å²) in [6.07, 6.45) is 12.5. The van der Waals surface area contributed by atoms with Crippen molar-refractivity contribution in [1.82, 2.24) is 0 Å². The van der Waals surface area contributed by atoms with E-state index in [4.69, 9.17) is 0 Å².